The monoisotopic (exact) mass is 320 g/mol. The van der Waals surface area contributed by atoms with Gasteiger partial charge < -0.3 is 15.2 Å². The molecular formula is C17H24N2O2S. The van der Waals surface area contributed by atoms with Crippen LogP contribution in [0.2, 0.25) is 0 Å². The summed E-state index contributed by atoms with van der Waals surface area (Å²) >= 11 is 1.74. The van der Waals surface area contributed by atoms with Crippen molar-refractivity contribution in [3.63, 3.8) is 0 Å². The van der Waals surface area contributed by atoms with Crippen molar-refractivity contribution in [3.8, 4) is 5.75 Å². The third kappa shape index (κ3) is 3.85. The molecule has 1 heterocycles. The van der Waals surface area contributed by atoms with E-state index in [2.05, 4.69) is 24.1 Å². The Morgan fingerprint density at radius 1 is 1.41 bits per heavy atom. The average molecular weight is 320 g/mol. The summed E-state index contributed by atoms with van der Waals surface area (Å²) in [5.41, 5.74) is 2.09. The molecule has 22 heavy (non-hydrogen) atoms. The Labute approximate surface area is 136 Å². The summed E-state index contributed by atoms with van der Waals surface area (Å²) in [7, 11) is 1.65. The molecule has 0 amide bonds. The number of methoxy groups -OCH3 is 1. The van der Waals surface area contributed by atoms with Crippen LogP contribution >= 0.6 is 11.3 Å². The molecule has 0 aliphatic carbocycles. The van der Waals surface area contributed by atoms with Crippen LogP contribution in [0.1, 0.15) is 47.1 Å². The van der Waals surface area contributed by atoms with E-state index in [1.807, 2.05) is 31.2 Å². The molecule has 0 radical (unpaired) electrons. The van der Waals surface area contributed by atoms with Crippen molar-refractivity contribution in [1.82, 2.24) is 10.3 Å². The number of nitrogens with zero attached hydrogens (tertiary/aromatic N) is 1. The third-order valence-electron chi connectivity index (χ3n) is 3.70. The zero-order valence-corrected chi connectivity index (χ0v) is 14.4. The number of ether oxygens (including phenoxy) is 1. The molecule has 2 atom stereocenters. The number of rotatable bonds is 7. The van der Waals surface area contributed by atoms with Crippen LogP contribution < -0.4 is 10.1 Å². The van der Waals surface area contributed by atoms with Crippen LogP contribution in [-0.2, 0) is 6.42 Å². The van der Waals surface area contributed by atoms with E-state index in [9.17, 15) is 5.11 Å². The van der Waals surface area contributed by atoms with Crippen molar-refractivity contribution in [3.05, 3.63) is 45.4 Å². The van der Waals surface area contributed by atoms with Gasteiger partial charge >= 0.3 is 0 Å². The standard InChI is InChI=1S/C17H24N2O2S/c1-5-16-19-12(3)17(22-16)11(2)18-15(10-20)13-7-6-8-14(9-13)21-4/h6-9,11,15,18,20H,5,10H2,1-4H3. The van der Waals surface area contributed by atoms with Gasteiger partial charge in [0, 0.05) is 10.9 Å². The molecule has 0 fully saturated rings. The lowest BCUT2D eigenvalue weighted by Crippen LogP contribution is -2.27. The van der Waals surface area contributed by atoms with E-state index < -0.39 is 0 Å². The molecule has 2 N–H and O–H groups in total. The van der Waals surface area contributed by atoms with Crippen LogP contribution in [0, 0.1) is 6.92 Å². The first-order chi connectivity index (χ1) is 10.6. The zero-order chi connectivity index (χ0) is 16.1. The van der Waals surface area contributed by atoms with Crippen LogP contribution in [0.15, 0.2) is 24.3 Å². The SMILES string of the molecule is CCc1nc(C)c(C(C)NC(CO)c2cccc(OC)c2)s1. The van der Waals surface area contributed by atoms with Gasteiger partial charge in [-0.3, -0.25) is 0 Å². The van der Waals surface area contributed by atoms with E-state index in [1.54, 1.807) is 18.4 Å². The number of hydrogen-bond acceptors (Lipinski definition) is 5. The Balaban J connectivity index is 2.16. The fourth-order valence-corrected chi connectivity index (χ4v) is 3.53. The van der Waals surface area contributed by atoms with Gasteiger partial charge in [-0.05, 0) is 38.0 Å². The smallest absolute Gasteiger partial charge is 0.119 e. The van der Waals surface area contributed by atoms with Gasteiger partial charge in [-0.2, -0.15) is 0 Å². The van der Waals surface area contributed by atoms with Crippen molar-refractivity contribution in [1.29, 1.82) is 0 Å². The highest BCUT2D eigenvalue weighted by atomic mass is 32.1. The molecule has 1 aromatic heterocycles. The molecule has 0 aliphatic rings. The molecular weight excluding hydrogens is 296 g/mol. The minimum atomic E-state index is -0.128. The van der Waals surface area contributed by atoms with Gasteiger partial charge in [-0.1, -0.05) is 19.1 Å². The summed E-state index contributed by atoms with van der Waals surface area (Å²) in [6, 6.07) is 7.81. The molecule has 0 spiro atoms. The second-order valence-corrected chi connectivity index (χ2v) is 6.43. The summed E-state index contributed by atoms with van der Waals surface area (Å²) in [6.45, 7) is 6.31. The summed E-state index contributed by atoms with van der Waals surface area (Å²) in [6.07, 6.45) is 0.956. The van der Waals surface area contributed by atoms with Gasteiger partial charge in [0.2, 0.25) is 0 Å². The van der Waals surface area contributed by atoms with E-state index in [0.29, 0.717) is 0 Å². The van der Waals surface area contributed by atoms with Crippen LogP contribution in [0.3, 0.4) is 0 Å². The topological polar surface area (TPSA) is 54.4 Å². The Morgan fingerprint density at radius 3 is 2.77 bits per heavy atom. The van der Waals surface area contributed by atoms with Crippen LogP contribution in [-0.4, -0.2) is 23.8 Å². The molecule has 0 aliphatic heterocycles. The largest absolute Gasteiger partial charge is 0.497 e. The van der Waals surface area contributed by atoms with E-state index in [4.69, 9.17) is 4.74 Å². The van der Waals surface area contributed by atoms with E-state index in [-0.39, 0.29) is 18.7 Å². The zero-order valence-electron chi connectivity index (χ0n) is 13.6. The number of thiazole rings is 1. The highest BCUT2D eigenvalue weighted by Gasteiger charge is 2.19. The molecule has 4 nitrogen and oxygen atoms in total. The van der Waals surface area contributed by atoms with Gasteiger partial charge in [0.1, 0.15) is 5.75 Å². The maximum absolute atomic E-state index is 9.74. The average Bonchev–Trinajstić information content (AvgIpc) is 2.93. The number of aliphatic hydroxyl groups is 1. The maximum Gasteiger partial charge on any atom is 0.119 e. The second-order valence-electron chi connectivity index (χ2n) is 5.31. The molecule has 1 aromatic carbocycles. The van der Waals surface area contributed by atoms with Gasteiger partial charge in [0.25, 0.3) is 0 Å². The van der Waals surface area contributed by atoms with Gasteiger partial charge in [0.05, 0.1) is 30.5 Å². The number of benzene rings is 1. The predicted octanol–water partition coefficient (Wildman–Crippen LogP) is 3.41. The van der Waals surface area contributed by atoms with Gasteiger partial charge in [-0.15, -0.1) is 11.3 Å². The maximum atomic E-state index is 9.74. The third-order valence-corrected chi connectivity index (χ3v) is 5.19. The minimum absolute atomic E-state index is 0.0377. The van der Waals surface area contributed by atoms with E-state index in [1.165, 1.54) is 4.88 Å². The van der Waals surface area contributed by atoms with Crippen LogP contribution in [0.5, 0.6) is 5.75 Å². The van der Waals surface area contributed by atoms with Crippen molar-refractivity contribution in [2.24, 2.45) is 0 Å². The highest BCUT2D eigenvalue weighted by Crippen LogP contribution is 2.28. The van der Waals surface area contributed by atoms with E-state index >= 15 is 0 Å². The quantitative estimate of drug-likeness (QED) is 0.821. The number of aryl methyl sites for hydroxylation is 2. The van der Waals surface area contributed by atoms with Crippen LogP contribution in [0.25, 0.3) is 0 Å². The minimum Gasteiger partial charge on any atom is -0.497 e. The predicted molar refractivity (Wildman–Crippen MR) is 90.6 cm³/mol. The summed E-state index contributed by atoms with van der Waals surface area (Å²) in [5.74, 6) is 0.799. The van der Waals surface area contributed by atoms with Gasteiger partial charge in [0.15, 0.2) is 0 Å². The first-order valence-electron chi connectivity index (χ1n) is 7.56. The van der Waals surface area contributed by atoms with Crippen LogP contribution in [0.4, 0.5) is 0 Å². The Bertz CT molecular complexity index is 612. The first kappa shape index (κ1) is 16.9. The van der Waals surface area contributed by atoms with Gasteiger partial charge in [-0.25, -0.2) is 4.98 Å². The lowest BCUT2D eigenvalue weighted by atomic mass is 10.1. The highest BCUT2D eigenvalue weighted by molar-refractivity contribution is 7.11. The normalized spacial score (nSPS) is 13.9. The molecule has 2 unspecified atom stereocenters. The second kappa shape index (κ2) is 7.72. The summed E-state index contributed by atoms with van der Waals surface area (Å²) in [4.78, 5) is 5.81. The summed E-state index contributed by atoms with van der Waals surface area (Å²) in [5, 5.41) is 14.4. The number of nitrogens with one attached hydrogen (secondary N) is 1. The molecule has 5 heteroatoms. The Morgan fingerprint density at radius 2 is 2.18 bits per heavy atom. The van der Waals surface area contributed by atoms with E-state index in [0.717, 1.165) is 28.4 Å². The number of aliphatic hydroxyl groups excluding tert-OH is 1. The number of aromatic nitrogens is 1. The fourth-order valence-electron chi connectivity index (χ4n) is 2.51. The molecule has 0 saturated heterocycles. The molecule has 2 rings (SSSR count). The Kier molecular flexibility index (Phi) is 5.94. The first-order valence-corrected chi connectivity index (χ1v) is 8.37. The van der Waals surface area contributed by atoms with Crippen molar-refractivity contribution in [2.75, 3.05) is 13.7 Å². The molecule has 0 bridgehead atoms. The molecule has 2 aromatic rings. The lowest BCUT2D eigenvalue weighted by Gasteiger charge is -2.22. The van der Waals surface area contributed by atoms with Crippen molar-refractivity contribution >= 4 is 11.3 Å². The lowest BCUT2D eigenvalue weighted by molar-refractivity contribution is 0.235. The molecule has 120 valence electrons. The molecule has 0 saturated carbocycles. The Hall–Kier alpha value is -1.43. The van der Waals surface area contributed by atoms with Crippen molar-refractivity contribution in [2.45, 2.75) is 39.3 Å². The number of hydrogen-bond donors (Lipinski definition) is 2. The summed E-state index contributed by atoms with van der Waals surface area (Å²) < 4.78 is 5.26. The van der Waals surface area contributed by atoms with Crippen molar-refractivity contribution < 1.29 is 9.84 Å². The fraction of sp³-hybridized carbons (Fsp3) is 0.471.